The maximum Gasteiger partial charge on any atom is 0.103 e. The maximum atomic E-state index is 8.44. The summed E-state index contributed by atoms with van der Waals surface area (Å²) in [7, 11) is 3.25. The Morgan fingerprint density at radius 2 is 1.60 bits per heavy atom. The molecule has 0 saturated heterocycles. The van der Waals surface area contributed by atoms with Crippen LogP contribution in [0.3, 0.4) is 0 Å². The lowest BCUT2D eigenvalue weighted by molar-refractivity contribution is -0.00425. The zero-order chi connectivity index (χ0) is 8.57. The first-order valence-corrected chi connectivity index (χ1v) is 2.97. The van der Waals surface area contributed by atoms with E-state index in [-0.39, 0.29) is 6.61 Å². The van der Waals surface area contributed by atoms with Gasteiger partial charge in [0.2, 0.25) is 0 Å². The number of methoxy groups -OCH3 is 1. The van der Waals surface area contributed by atoms with Crippen LogP contribution >= 0.6 is 0 Å². The fraction of sp³-hybridized carbons (Fsp3) is 1.00. The van der Waals surface area contributed by atoms with Gasteiger partial charge in [0.15, 0.2) is 0 Å². The van der Waals surface area contributed by atoms with Gasteiger partial charge in [0.1, 0.15) is 6.10 Å². The molecule has 0 rings (SSSR count). The fourth-order valence-corrected chi connectivity index (χ4v) is 0.153. The molecule has 0 fully saturated rings. The number of hydrogen-bond donors (Lipinski definition) is 3. The van der Waals surface area contributed by atoms with E-state index in [9.17, 15) is 0 Å². The summed E-state index contributed by atoms with van der Waals surface area (Å²) in [6, 6.07) is 0. The van der Waals surface area contributed by atoms with Crippen LogP contribution in [0.25, 0.3) is 0 Å². The third-order valence-electron chi connectivity index (χ3n) is 0.744. The molecule has 0 aromatic carbocycles. The van der Waals surface area contributed by atoms with Crippen molar-refractivity contribution in [3.05, 3.63) is 0 Å². The monoisotopic (exact) mass is 152 g/mol. The molecule has 0 bridgehead atoms. The van der Waals surface area contributed by atoms with Crippen molar-refractivity contribution in [1.29, 1.82) is 0 Å². The second-order valence-corrected chi connectivity index (χ2v) is 1.90. The summed E-state index contributed by atoms with van der Waals surface area (Å²) >= 11 is 0. The highest BCUT2D eigenvalue weighted by molar-refractivity contribution is 4.57. The van der Waals surface area contributed by atoms with Crippen molar-refractivity contribution in [2.24, 2.45) is 0 Å². The molecule has 0 radical (unpaired) electrons. The quantitative estimate of drug-likeness (QED) is 0.474. The zero-order valence-electron chi connectivity index (χ0n) is 6.61. The van der Waals surface area contributed by atoms with E-state index >= 15 is 0 Å². The van der Waals surface area contributed by atoms with E-state index in [2.05, 4.69) is 4.74 Å². The van der Waals surface area contributed by atoms with Gasteiger partial charge in [-0.05, 0) is 6.92 Å². The van der Waals surface area contributed by atoms with Gasteiger partial charge >= 0.3 is 0 Å². The molecule has 0 aliphatic heterocycles. The van der Waals surface area contributed by atoms with Gasteiger partial charge < -0.3 is 20.1 Å². The van der Waals surface area contributed by atoms with E-state index in [0.29, 0.717) is 0 Å². The van der Waals surface area contributed by atoms with Crippen LogP contribution in [0.4, 0.5) is 0 Å². The van der Waals surface area contributed by atoms with Crippen LogP contribution in [-0.2, 0) is 4.74 Å². The lowest BCUT2D eigenvalue weighted by atomic mass is 10.2. The number of rotatable bonds is 2. The van der Waals surface area contributed by atoms with Crippen molar-refractivity contribution in [2.75, 3.05) is 20.8 Å². The summed E-state index contributed by atoms with van der Waals surface area (Å²) in [6.45, 7) is 1.04. The van der Waals surface area contributed by atoms with Gasteiger partial charge in [-0.25, -0.2) is 0 Å². The summed E-state index contributed by atoms with van der Waals surface area (Å²) in [6.07, 6.45) is -1.81. The van der Waals surface area contributed by atoms with Crippen LogP contribution in [0.2, 0.25) is 0 Å². The van der Waals surface area contributed by atoms with Gasteiger partial charge in [-0.15, -0.1) is 0 Å². The standard InChI is InChI=1S/C4H10O3.C2H6O/c1-3(6)4(7)2-5;1-3-2/h3-7H,2H2,1H3;1-2H3. The lowest BCUT2D eigenvalue weighted by Gasteiger charge is -2.07. The Kier molecular flexibility index (Phi) is 11.1. The molecule has 64 valence electrons. The number of aliphatic hydroxyl groups excluding tert-OH is 3. The molecule has 0 aromatic rings. The topological polar surface area (TPSA) is 69.9 Å². The molecule has 0 heterocycles. The van der Waals surface area contributed by atoms with Crippen molar-refractivity contribution < 1.29 is 20.1 Å². The van der Waals surface area contributed by atoms with Gasteiger partial charge in [0.25, 0.3) is 0 Å². The van der Waals surface area contributed by atoms with Crippen LogP contribution in [0, 0.1) is 0 Å². The second-order valence-electron chi connectivity index (χ2n) is 1.90. The summed E-state index contributed by atoms with van der Waals surface area (Å²) < 4.78 is 4.25. The van der Waals surface area contributed by atoms with Crippen molar-refractivity contribution in [1.82, 2.24) is 0 Å². The zero-order valence-corrected chi connectivity index (χ0v) is 6.61. The largest absolute Gasteiger partial charge is 0.394 e. The van der Waals surface area contributed by atoms with Crippen LogP contribution < -0.4 is 0 Å². The minimum atomic E-state index is -0.986. The highest BCUT2D eigenvalue weighted by Gasteiger charge is 2.06. The minimum Gasteiger partial charge on any atom is -0.394 e. The minimum absolute atomic E-state index is 0.377. The molecule has 2 unspecified atom stereocenters. The lowest BCUT2D eigenvalue weighted by Crippen LogP contribution is -2.25. The summed E-state index contributed by atoms with van der Waals surface area (Å²) in [5, 5.41) is 24.9. The average Bonchev–Trinajstić information content (AvgIpc) is 1.88. The van der Waals surface area contributed by atoms with E-state index in [1.807, 2.05) is 0 Å². The highest BCUT2D eigenvalue weighted by atomic mass is 16.4. The Balaban J connectivity index is 0. The molecule has 10 heavy (non-hydrogen) atoms. The van der Waals surface area contributed by atoms with Crippen LogP contribution in [0.5, 0.6) is 0 Å². The van der Waals surface area contributed by atoms with E-state index in [1.165, 1.54) is 6.92 Å². The fourth-order valence-electron chi connectivity index (χ4n) is 0.153. The second kappa shape index (κ2) is 8.84. The molecule has 0 amide bonds. The Hall–Kier alpha value is -0.160. The van der Waals surface area contributed by atoms with E-state index in [0.717, 1.165) is 0 Å². The predicted octanol–water partition coefficient (Wildman–Crippen LogP) is -1.02. The Labute approximate surface area is 61.1 Å². The summed E-state index contributed by atoms with van der Waals surface area (Å²) in [5.41, 5.74) is 0. The van der Waals surface area contributed by atoms with E-state index < -0.39 is 12.2 Å². The molecule has 0 saturated carbocycles. The SMILES string of the molecule is CC(O)C(O)CO.COC. The van der Waals surface area contributed by atoms with E-state index in [1.54, 1.807) is 14.2 Å². The molecule has 0 spiro atoms. The Morgan fingerprint density at radius 3 is 1.60 bits per heavy atom. The summed E-state index contributed by atoms with van der Waals surface area (Å²) in [4.78, 5) is 0. The average molecular weight is 152 g/mol. The van der Waals surface area contributed by atoms with Crippen molar-refractivity contribution in [3.63, 3.8) is 0 Å². The van der Waals surface area contributed by atoms with Crippen molar-refractivity contribution in [3.8, 4) is 0 Å². The number of hydrogen-bond acceptors (Lipinski definition) is 4. The number of aliphatic hydroxyl groups is 3. The van der Waals surface area contributed by atoms with Gasteiger partial charge in [-0.3, -0.25) is 0 Å². The molecule has 3 N–H and O–H groups in total. The third-order valence-corrected chi connectivity index (χ3v) is 0.744. The van der Waals surface area contributed by atoms with Gasteiger partial charge in [0, 0.05) is 14.2 Å². The molecular formula is C6H16O4. The molecular weight excluding hydrogens is 136 g/mol. The molecule has 0 aromatic heterocycles. The number of ether oxygens (including phenoxy) is 1. The first kappa shape index (κ1) is 12.5. The Bertz CT molecular complexity index is 55.7. The smallest absolute Gasteiger partial charge is 0.103 e. The van der Waals surface area contributed by atoms with Gasteiger partial charge in [-0.2, -0.15) is 0 Å². The first-order chi connectivity index (χ1) is 4.59. The molecule has 4 heteroatoms. The van der Waals surface area contributed by atoms with E-state index in [4.69, 9.17) is 15.3 Å². The third kappa shape index (κ3) is 10.8. The van der Waals surface area contributed by atoms with Crippen LogP contribution in [0.15, 0.2) is 0 Å². The summed E-state index contributed by atoms with van der Waals surface area (Å²) in [5.74, 6) is 0. The highest BCUT2D eigenvalue weighted by Crippen LogP contribution is 1.87. The van der Waals surface area contributed by atoms with Crippen LogP contribution in [-0.4, -0.2) is 48.4 Å². The van der Waals surface area contributed by atoms with Gasteiger partial charge in [0.05, 0.1) is 12.7 Å². The van der Waals surface area contributed by atoms with Crippen molar-refractivity contribution in [2.45, 2.75) is 19.1 Å². The Morgan fingerprint density at radius 1 is 1.30 bits per heavy atom. The molecule has 2 atom stereocenters. The first-order valence-electron chi connectivity index (χ1n) is 2.97. The van der Waals surface area contributed by atoms with Crippen molar-refractivity contribution >= 4 is 0 Å². The molecule has 4 nitrogen and oxygen atoms in total. The predicted molar refractivity (Wildman–Crippen MR) is 37.7 cm³/mol. The normalized spacial score (nSPS) is 15.0. The van der Waals surface area contributed by atoms with Gasteiger partial charge in [-0.1, -0.05) is 0 Å². The molecule has 0 aliphatic rings. The molecule has 0 aliphatic carbocycles. The van der Waals surface area contributed by atoms with Crippen LogP contribution in [0.1, 0.15) is 6.92 Å². The maximum absolute atomic E-state index is 8.44.